The second kappa shape index (κ2) is 8.40. The van der Waals surface area contributed by atoms with Crippen molar-refractivity contribution >= 4 is 23.3 Å². The molecular weight excluding hydrogens is 361 g/mol. The van der Waals surface area contributed by atoms with Crippen molar-refractivity contribution in [2.24, 2.45) is 0 Å². The van der Waals surface area contributed by atoms with E-state index in [-0.39, 0.29) is 5.95 Å². The molecule has 2 aromatic rings. The Balaban J connectivity index is 1.59. The van der Waals surface area contributed by atoms with E-state index >= 15 is 0 Å². The van der Waals surface area contributed by atoms with E-state index in [9.17, 15) is 13.2 Å². The van der Waals surface area contributed by atoms with Crippen molar-refractivity contribution in [3.63, 3.8) is 0 Å². The van der Waals surface area contributed by atoms with Crippen LogP contribution in [-0.2, 0) is 10.9 Å². The Morgan fingerprint density at radius 1 is 1.07 bits per heavy atom. The van der Waals surface area contributed by atoms with Crippen LogP contribution in [0.5, 0.6) is 0 Å². The molecule has 1 saturated heterocycles. The number of nitrogen functional groups attached to an aromatic ring is 1. The predicted molar refractivity (Wildman–Crippen MR) is 96.9 cm³/mol. The number of hydrogen-bond donors (Lipinski definition) is 3. The van der Waals surface area contributed by atoms with E-state index in [1.54, 1.807) is 6.07 Å². The van der Waals surface area contributed by atoms with Crippen molar-refractivity contribution in [2.45, 2.75) is 6.18 Å². The molecule has 0 unspecified atom stereocenters. The quantitative estimate of drug-likeness (QED) is 0.708. The molecule has 4 N–H and O–H groups in total. The van der Waals surface area contributed by atoms with E-state index in [0.29, 0.717) is 23.9 Å². The first-order valence-corrected chi connectivity index (χ1v) is 8.53. The summed E-state index contributed by atoms with van der Waals surface area (Å²) in [6, 6.07) is 6.36. The molecule has 0 aliphatic carbocycles. The molecule has 7 nitrogen and oxygen atoms in total. The lowest BCUT2D eigenvalue weighted by Crippen LogP contribution is -2.39. The monoisotopic (exact) mass is 382 g/mol. The highest BCUT2D eigenvalue weighted by Crippen LogP contribution is 2.30. The van der Waals surface area contributed by atoms with Crippen LogP contribution in [0.3, 0.4) is 0 Å². The zero-order chi connectivity index (χ0) is 19.3. The lowest BCUT2D eigenvalue weighted by molar-refractivity contribution is -0.137. The molecular formula is C17H21F3N6O. The zero-order valence-electron chi connectivity index (χ0n) is 14.6. The topological polar surface area (TPSA) is 88.3 Å². The molecule has 1 aliphatic heterocycles. The van der Waals surface area contributed by atoms with Crippen molar-refractivity contribution in [3.8, 4) is 0 Å². The van der Waals surface area contributed by atoms with Gasteiger partial charge in [-0.1, -0.05) is 0 Å². The third kappa shape index (κ3) is 5.69. The van der Waals surface area contributed by atoms with Gasteiger partial charge in [0.05, 0.1) is 18.8 Å². The van der Waals surface area contributed by atoms with Gasteiger partial charge in [-0.05, 0) is 24.3 Å². The maximum absolute atomic E-state index is 12.6. The first-order valence-electron chi connectivity index (χ1n) is 8.53. The van der Waals surface area contributed by atoms with Crippen LogP contribution in [0.1, 0.15) is 5.56 Å². The van der Waals surface area contributed by atoms with Crippen molar-refractivity contribution in [2.75, 3.05) is 55.8 Å². The lowest BCUT2D eigenvalue weighted by atomic mass is 10.2. The van der Waals surface area contributed by atoms with E-state index in [1.807, 2.05) is 0 Å². The molecule has 0 saturated carbocycles. The molecule has 0 radical (unpaired) electrons. The van der Waals surface area contributed by atoms with Crippen molar-refractivity contribution in [1.29, 1.82) is 0 Å². The number of morpholine rings is 1. The number of rotatable bonds is 6. The van der Waals surface area contributed by atoms with Crippen LogP contribution in [0.15, 0.2) is 30.3 Å². The summed E-state index contributed by atoms with van der Waals surface area (Å²) in [6.45, 7) is 4.79. The largest absolute Gasteiger partial charge is 0.416 e. The van der Waals surface area contributed by atoms with Crippen LogP contribution in [0.4, 0.5) is 36.4 Å². The summed E-state index contributed by atoms with van der Waals surface area (Å²) >= 11 is 0. The Bertz CT molecular complexity index is 747. The fraction of sp³-hybridized carbons (Fsp3) is 0.412. The summed E-state index contributed by atoms with van der Waals surface area (Å²) in [4.78, 5) is 10.5. The number of ether oxygens (including phenoxy) is 1. The van der Waals surface area contributed by atoms with Gasteiger partial charge in [-0.25, -0.2) is 0 Å². The van der Waals surface area contributed by atoms with Gasteiger partial charge in [-0.3, -0.25) is 4.90 Å². The minimum absolute atomic E-state index is 0.0702. The molecule has 1 fully saturated rings. The molecule has 0 atom stereocenters. The Morgan fingerprint density at radius 2 is 1.74 bits per heavy atom. The number of halogens is 3. The highest BCUT2D eigenvalue weighted by atomic mass is 19.4. The maximum atomic E-state index is 12.6. The molecule has 10 heteroatoms. The smallest absolute Gasteiger partial charge is 0.379 e. The molecule has 1 aromatic carbocycles. The normalized spacial score (nSPS) is 15.5. The van der Waals surface area contributed by atoms with Gasteiger partial charge in [-0.15, -0.1) is 0 Å². The number of alkyl halides is 3. The van der Waals surface area contributed by atoms with Gasteiger partial charge in [0.25, 0.3) is 0 Å². The Morgan fingerprint density at radius 3 is 2.41 bits per heavy atom. The van der Waals surface area contributed by atoms with Gasteiger partial charge in [0.15, 0.2) is 0 Å². The third-order valence-corrected chi connectivity index (χ3v) is 4.07. The SMILES string of the molecule is Nc1nc(NCCN2CCOCC2)cc(Nc2ccc(C(F)(F)F)cc2)n1. The molecule has 2 heterocycles. The second-order valence-electron chi connectivity index (χ2n) is 6.08. The molecule has 3 rings (SSSR count). The number of benzene rings is 1. The summed E-state index contributed by atoms with van der Waals surface area (Å²) in [6.07, 6.45) is -4.37. The van der Waals surface area contributed by atoms with E-state index in [2.05, 4.69) is 25.5 Å². The van der Waals surface area contributed by atoms with E-state index in [4.69, 9.17) is 10.5 Å². The summed E-state index contributed by atoms with van der Waals surface area (Å²) in [5, 5.41) is 6.12. The molecule has 146 valence electrons. The van der Waals surface area contributed by atoms with Crippen molar-refractivity contribution in [1.82, 2.24) is 14.9 Å². The molecule has 1 aliphatic rings. The highest BCUT2D eigenvalue weighted by Gasteiger charge is 2.29. The second-order valence-corrected chi connectivity index (χ2v) is 6.08. The average molecular weight is 382 g/mol. The molecule has 1 aromatic heterocycles. The summed E-state index contributed by atoms with van der Waals surface area (Å²) < 4.78 is 43.2. The summed E-state index contributed by atoms with van der Waals surface area (Å²) in [5.74, 6) is 1.02. The Hall–Kier alpha value is -2.59. The first kappa shape index (κ1) is 19.2. The van der Waals surface area contributed by atoms with Crippen LogP contribution in [-0.4, -0.2) is 54.3 Å². The van der Waals surface area contributed by atoms with Gasteiger partial charge >= 0.3 is 6.18 Å². The zero-order valence-corrected chi connectivity index (χ0v) is 14.6. The summed E-state index contributed by atoms with van der Waals surface area (Å²) in [7, 11) is 0. The number of anilines is 4. The first-order chi connectivity index (χ1) is 12.9. The number of nitrogens with zero attached hydrogens (tertiary/aromatic N) is 3. The average Bonchev–Trinajstić information content (AvgIpc) is 2.62. The van der Waals surface area contributed by atoms with Gasteiger partial charge in [0, 0.05) is 37.9 Å². The minimum atomic E-state index is -4.37. The molecule has 0 bridgehead atoms. The number of hydrogen-bond acceptors (Lipinski definition) is 7. The predicted octanol–water partition coefficient (Wildman–Crippen LogP) is 2.57. The highest BCUT2D eigenvalue weighted by molar-refractivity contribution is 5.61. The third-order valence-electron chi connectivity index (χ3n) is 4.07. The fourth-order valence-corrected chi connectivity index (χ4v) is 2.68. The van der Waals surface area contributed by atoms with Crippen molar-refractivity contribution in [3.05, 3.63) is 35.9 Å². The standard InChI is InChI=1S/C17H21F3N6O/c18-17(19,20)12-1-3-13(4-2-12)23-15-11-14(24-16(21)25-15)22-5-6-26-7-9-27-10-8-26/h1-4,11H,5-10H2,(H4,21,22,23,24,25). The number of nitrogens with two attached hydrogens (primary N) is 1. The Labute approximate surface area is 154 Å². The van der Waals surface area contributed by atoms with E-state index in [0.717, 1.165) is 45.0 Å². The fourth-order valence-electron chi connectivity index (χ4n) is 2.68. The molecule has 0 spiro atoms. The number of nitrogens with one attached hydrogen (secondary N) is 2. The van der Waals surface area contributed by atoms with Gasteiger partial charge in [-0.2, -0.15) is 23.1 Å². The van der Waals surface area contributed by atoms with Crippen molar-refractivity contribution < 1.29 is 17.9 Å². The van der Waals surface area contributed by atoms with Gasteiger partial charge in [0.2, 0.25) is 5.95 Å². The molecule has 27 heavy (non-hydrogen) atoms. The Kier molecular flexibility index (Phi) is 5.97. The van der Waals surface area contributed by atoms with Crippen LogP contribution in [0, 0.1) is 0 Å². The molecule has 0 amide bonds. The van der Waals surface area contributed by atoms with Gasteiger partial charge in [0.1, 0.15) is 11.6 Å². The minimum Gasteiger partial charge on any atom is -0.379 e. The van der Waals surface area contributed by atoms with E-state index in [1.165, 1.54) is 12.1 Å². The van der Waals surface area contributed by atoms with Crippen LogP contribution in [0.2, 0.25) is 0 Å². The number of aromatic nitrogens is 2. The lowest BCUT2D eigenvalue weighted by Gasteiger charge is -2.26. The van der Waals surface area contributed by atoms with Crippen LogP contribution >= 0.6 is 0 Å². The van der Waals surface area contributed by atoms with Crippen LogP contribution in [0.25, 0.3) is 0 Å². The van der Waals surface area contributed by atoms with E-state index < -0.39 is 11.7 Å². The van der Waals surface area contributed by atoms with Crippen LogP contribution < -0.4 is 16.4 Å². The summed E-state index contributed by atoms with van der Waals surface area (Å²) in [5.41, 5.74) is 5.50. The van der Waals surface area contributed by atoms with Gasteiger partial charge < -0.3 is 21.1 Å². The maximum Gasteiger partial charge on any atom is 0.416 e.